The van der Waals surface area contributed by atoms with Crippen molar-refractivity contribution in [3.05, 3.63) is 124 Å². The van der Waals surface area contributed by atoms with Gasteiger partial charge in [-0.25, -0.2) is 32.8 Å². The molecule has 0 aliphatic rings. The number of hydrogen-bond acceptors (Lipinski definition) is 10. The van der Waals surface area contributed by atoms with Crippen LogP contribution in [0.4, 0.5) is 8.78 Å². The molecular formula is C31H26F2N5O7PS. The second-order valence-electron chi connectivity index (χ2n) is 10.2. The molecule has 0 spiro atoms. The highest BCUT2D eigenvalue weighted by Crippen LogP contribution is 2.44. The van der Waals surface area contributed by atoms with E-state index in [0.29, 0.717) is 21.8 Å². The molecule has 16 heteroatoms. The molecule has 47 heavy (non-hydrogen) atoms. The van der Waals surface area contributed by atoms with E-state index in [2.05, 4.69) is 20.7 Å². The average molecular weight is 682 g/mol. The van der Waals surface area contributed by atoms with Gasteiger partial charge in [0.05, 0.1) is 41.0 Å². The molecule has 1 unspecified atom stereocenters. The molecule has 242 valence electrons. The standard InChI is InChI=1S/C31H26F2N5O7PS/c1-20(29-37-28(15-47-29)23-6-2-21(13-34)3-7-23)31(16-38-18-35-17-36-38,26-11-10-25(32)12-27(26)33)44-19-43-30(39)24-8-4-22(5-9-24)14-45-46(40,41)42/h2-12,15,17-18,20H,14,16,19H2,1H3,(H2,40,41,42)/t20-,31?/m0/s1. The fourth-order valence-corrected chi connectivity index (χ4v) is 6.08. The third kappa shape index (κ3) is 8.19. The third-order valence-corrected chi connectivity index (χ3v) is 8.74. The van der Waals surface area contributed by atoms with Crippen LogP contribution in [0.2, 0.25) is 0 Å². The summed E-state index contributed by atoms with van der Waals surface area (Å²) in [7, 11) is -4.67. The molecule has 2 aromatic heterocycles. The number of halogens is 2. The maximum Gasteiger partial charge on any atom is 0.469 e. The smallest absolute Gasteiger partial charge is 0.435 e. The van der Waals surface area contributed by atoms with E-state index < -0.39 is 43.7 Å². The minimum Gasteiger partial charge on any atom is -0.435 e. The Morgan fingerprint density at radius 3 is 2.51 bits per heavy atom. The van der Waals surface area contributed by atoms with Gasteiger partial charge in [-0.15, -0.1) is 11.3 Å². The number of hydrogen-bond donors (Lipinski definition) is 2. The number of rotatable bonds is 13. The molecule has 12 nitrogen and oxygen atoms in total. The normalized spacial score (nSPS) is 13.4. The van der Waals surface area contributed by atoms with Gasteiger partial charge in [-0.3, -0.25) is 4.52 Å². The SMILES string of the molecule is C[C@@H](c1nc(-c2ccc(C#N)cc2)cs1)C(Cn1cncn1)(OCOC(=O)c1ccc(COP(=O)(O)O)cc1)c1ccc(F)cc1F. The molecule has 0 bridgehead atoms. The second kappa shape index (κ2) is 14.4. The van der Waals surface area contributed by atoms with Gasteiger partial charge in [-0.1, -0.05) is 37.3 Å². The summed E-state index contributed by atoms with van der Waals surface area (Å²) < 4.78 is 58.3. The minimum absolute atomic E-state index is 0.0394. The zero-order chi connectivity index (χ0) is 33.6. The highest BCUT2D eigenvalue weighted by atomic mass is 32.1. The minimum atomic E-state index is -4.67. The number of ether oxygens (including phenoxy) is 2. The van der Waals surface area contributed by atoms with Crippen molar-refractivity contribution in [1.82, 2.24) is 19.7 Å². The van der Waals surface area contributed by atoms with Crippen LogP contribution in [0.15, 0.2) is 84.8 Å². The summed E-state index contributed by atoms with van der Waals surface area (Å²) in [6, 6.07) is 17.6. The van der Waals surface area contributed by atoms with E-state index in [1.807, 2.05) is 5.38 Å². The first-order valence-corrected chi connectivity index (χ1v) is 16.2. The Morgan fingerprint density at radius 2 is 1.87 bits per heavy atom. The first-order valence-electron chi connectivity index (χ1n) is 13.8. The van der Waals surface area contributed by atoms with Gasteiger partial charge in [-0.2, -0.15) is 10.4 Å². The van der Waals surface area contributed by atoms with Crippen molar-refractivity contribution in [2.75, 3.05) is 6.79 Å². The highest BCUT2D eigenvalue weighted by Gasteiger charge is 2.45. The molecule has 0 aliphatic carbocycles. The van der Waals surface area contributed by atoms with Gasteiger partial charge in [0.2, 0.25) is 0 Å². The molecule has 2 heterocycles. The van der Waals surface area contributed by atoms with Crippen molar-refractivity contribution < 1.29 is 41.9 Å². The van der Waals surface area contributed by atoms with Gasteiger partial charge in [0.15, 0.2) is 6.79 Å². The van der Waals surface area contributed by atoms with E-state index in [9.17, 15) is 13.8 Å². The maximum absolute atomic E-state index is 15.6. The Morgan fingerprint density at radius 1 is 1.13 bits per heavy atom. The van der Waals surface area contributed by atoms with Crippen LogP contribution in [0.3, 0.4) is 0 Å². The molecule has 2 N–H and O–H groups in total. The summed E-state index contributed by atoms with van der Waals surface area (Å²) in [6.45, 7) is 0.583. The summed E-state index contributed by atoms with van der Waals surface area (Å²) in [5, 5.41) is 15.6. The molecule has 2 atom stereocenters. The van der Waals surface area contributed by atoms with E-state index in [4.69, 9.17) is 29.5 Å². The topological polar surface area (TPSA) is 170 Å². The van der Waals surface area contributed by atoms with E-state index in [-0.39, 0.29) is 24.3 Å². The summed E-state index contributed by atoms with van der Waals surface area (Å²) in [5.41, 5.74) is 0.654. The van der Waals surface area contributed by atoms with Crippen molar-refractivity contribution in [3.8, 4) is 17.3 Å². The molecule has 0 fully saturated rings. The van der Waals surface area contributed by atoms with E-state index in [1.165, 1.54) is 59.0 Å². The average Bonchev–Trinajstić information content (AvgIpc) is 3.76. The fraction of sp³-hybridized carbons (Fsp3) is 0.194. The number of phosphoric ester groups is 1. The molecular weight excluding hydrogens is 655 g/mol. The molecule has 5 rings (SSSR count). The van der Waals surface area contributed by atoms with E-state index in [1.54, 1.807) is 31.2 Å². The van der Waals surface area contributed by atoms with Crippen LogP contribution in [-0.2, 0) is 37.3 Å². The van der Waals surface area contributed by atoms with Crippen molar-refractivity contribution in [2.24, 2.45) is 0 Å². The molecule has 0 saturated carbocycles. The van der Waals surface area contributed by atoms with Crippen LogP contribution in [0, 0.1) is 23.0 Å². The number of esters is 1. The molecule has 0 aliphatic heterocycles. The van der Waals surface area contributed by atoms with Gasteiger partial charge in [-0.05, 0) is 35.9 Å². The zero-order valence-electron chi connectivity index (χ0n) is 24.6. The Labute approximate surface area is 271 Å². The molecule has 0 radical (unpaired) electrons. The number of benzene rings is 3. The van der Waals surface area contributed by atoms with Crippen LogP contribution in [0.5, 0.6) is 0 Å². The lowest BCUT2D eigenvalue weighted by molar-refractivity contribution is -0.148. The predicted molar refractivity (Wildman–Crippen MR) is 163 cm³/mol. The Kier molecular flexibility index (Phi) is 10.3. The number of aromatic nitrogens is 4. The Bertz CT molecular complexity index is 1930. The fourth-order valence-electron chi connectivity index (χ4n) is 4.79. The number of carbonyl (C=O) groups excluding carboxylic acids is 1. The third-order valence-electron chi connectivity index (χ3n) is 7.25. The number of phosphoric acid groups is 1. The lowest BCUT2D eigenvalue weighted by Gasteiger charge is -2.38. The molecule has 0 saturated heterocycles. The summed E-state index contributed by atoms with van der Waals surface area (Å²) >= 11 is 1.28. The van der Waals surface area contributed by atoms with Crippen molar-refractivity contribution in [1.29, 1.82) is 5.26 Å². The van der Waals surface area contributed by atoms with Crippen LogP contribution in [0.1, 0.15) is 44.9 Å². The predicted octanol–water partition coefficient (Wildman–Crippen LogP) is 5.69. The van der Waals surface area contributed by atoms with Gasteiger partial charge in [0.25, 0.3) is 0 Å². The first-order chi connectivity index (χ1) is 22.5. The van der Waals surface area contributed by atoms with Gasteiger partial charge < -0.3 is 19.3 Å². The first kappa shape index (κ1) is 33.7. The van der Waals surface area contributed by atoms with Gasteiger partial charge in [0, 0.05) is 28.5 Å². The Hall–Kier alpha value is -4.68. The van der Waals surface area contributed by atoms with Crippen LogP contribution >= 0.6 is 19.2 Å². The van der Waals surface area contributed by atoms with Gasteiger partial charge >= 0.3 is 13.8 Å². The molecule has 3 aromatic carbocycles. The van der Waals surface area contributed by atoms with Crippen LogP contribution < -0.4 is 0 Å². The quantitative estimate of drug-likeness (QED) is 0.0889. The maximum atomic E-state index is 15.6. The lowest BCUT2D eigenvalue weighted by atomic mass is 9.81. The largest absolute Gasteiger partial charge is 0.469 e. The lowest BCUT2D eigenvalue weighted by Crippen LogP contribution is -2.42. The van der Waals surface area contributed by atoms with Crippen molar-refractivity contribution in [2.45, 2.75) is 31.6 Å². The summed E-state index contributed by atoms with van der Waals surface area (Å²) in [6.07, 6.45) is 2.69. The number of carbonyl (C=O) groups is 1. The number of thiazole rings is 1. The Balaban J connectivity index is 1.45. The zero-order valence-corrected chi connectivity index (χ0v) is 26.3. The number of nitrogens with zero attached hydrogens (tertiary/aromatic N) is 5. The monoisotopic (exact) mass is 681 g/mol. The molecule has 0 amide bonds. The number of nitriles is 1. The molecule has 5 aromatic rings. The van der Waals surface area contributed by atoms with Crippen LogP contribution in [-0.4, -0.2) is 42.3 Å². The van der Waals surface area contributed by atoms with Gasteiger partial charge in [0.1, 0.15) is 29.9 Å². The summed E-state index contributed by atoms with van der Waals surface area (Å²) in [4.78, 5) is 39.5. The van der Waals surface area contributed by atoms with E-state index >= 15 is 4.39 Å². The summed E-state index contributed by atoms with van der Waals surface area (Å²) in [5.74, 6) is -3.23. The highest BCUT2D eigenvalue weighted by molar-refractivity contribution is 7.46. The van der Waals surface area contributed by atoms with Crippen molar-refractivity contribution >= 4 is 25.1 Å². The van der Waals surface area contributed by atoms with E-state index in [0.717, 1.165) is 17.7 Å². The second-order valence-corrected chi connectivity index (χ2v) is 12.4. The van der Waals surface area contributed by atoms with Crippen molar-refractivity contribution in [3.63, 3.8) is 0 Å². The van der Waals surface area contributed by atoms with Crippen LogP contribution in [0.25, 0.3) is 11.3 Å².